The van der Waals surface area contributed by atoms with Gasteiger partial charge < -0.3 is 4.89 Å². The van der Waals surface area contributed by atoms with Crippen LogP contribution in [-0.4, -0.2) is 20.3 Å². The van der Waals surface area contributed by atoms with Crippen LogP contribution in [0.25, 0.3) is 16.7 Å². The van der Waals surface area contributed by atoms with Crippen LogP contribution in [0, 0.1) is 0 Å². The molecule has 0 amide bonds. The second-order valence-electron chi connectivity index (χ2n) is 6.39. The maximum atomic E-state index is 9.17. The highest BCUT2D eigenvalue weighted by Crippen LogP contribution is 2.25. The summed E-state index contributed by atoms with van der Waals surface area (Å²) >= 11 is 0. The summed E-state index contributed by atoms with van der Waals surface area (Å²) in [7, 11) is 0. The lowest BCUT2D eigenvalue weighted by Gasteiger charge is -2.08. The van der Waals surface area contributed by atoms with Crippen molar-refractivity contribution >= 4 is 11.0 Å². The van der Waals surface area contributed by atoms with Crippen molar-refractivity contribution in [2.45, 2.75) is 51.9 Å². The van der Waals surface area contributed by atoms with Crippen molar-refractivity contribution in [1.82, 2.24) is 15.0 Å². The molecule has 0 saturated heterocycles. The molecule has 0 atom stereocenters. The van der Waals surface area contributed by atoms with Gasteiger partial charge in [-0.1, -0.05) is 57.2 Å². The third-order valence-electron chi connectivity index (χ3n) is 4.44. The van der Waals surface area contributed by atoms with Crippen molar-refractivity contribution in [3.63, 3.8) is 0 Å². The Morgan fingerprint density at radius 2 is 1.60 bits per heavy atom. The number of fused-ring (bicyclic) bond motifs is 1. The Bertz CT molecular complexity index is 781. The van der Waals surface area contributed by atoms with Gasteiger partial charge in [-0.3, -0.25) is 0 Å². The molecular formula is C20H25N3O2. The van der Waals surface area contributed by atoms with Crippen LogP contribution in [0.4, 0.5) is 0 Å². The van der Waals surface area contributed by atoms with Crippen LogP contribution in [0.15, 0.2) is 42.5 Å². The molecule has 5 nitrogen and oxygen atoms in total. The molecule has 0 fully saturated rings. The number of hydrogen-bond donors (Lipinski definition) is 1. The fraction of sp³-hybridized carbons (Fsp3) is 0.400. The van der Waals surface area contributed by atoms with Crippen LogP contribution in [-0.2, 0) is 6.42 Å². The molecular weight excluding hydrogens is 314 g/mol. The molecule has 0 radical (unpaired) electrons. The van der Waals surface area contributed by atoms with Crippen molar-refractivity contribution in [2.24, 2.45) is 0 Å². The molecule has 2 aromatic carbocycles. The van der Waals surface area contributed by atoms with E-state index in [9.17, 15) is 5.26 Å². The van der Waals surface area contributed by atoms with Gasteiger partial charge in [-0.05, 0) is 42.7 Å². The van der Waals surface area contributed by atoms with Crippen LogP contribution in [0.5, 0.6) is 5.75 Å². The fourth-order valence-corrected chi connectivity index (χ4v) is 3.03. The maximum absolute atomic E-state index is 9.17. The van der Waals surface area contributed by atoms with Gasteiger partial charge in [-0.2, -0.15) is 0 Å². The predicted molar refractivity (Wildman–Crippen MR) is 99.2 cm³/mol. The zero-order valence-corrected chi connectivity index (χ0v) is 14.7. The smallest absolute Gasteiger partial charge is 0.192 e. The van der Waals surface area contributed by atoms with Crippen LogP contribution in [0.2, 0.25) is 0 Å². The van der Waals surface area contributed by atoms with E-state index in [4.69, 9.17) is 0 Å². The lowest BCUT2D eigenvalue weighted by atomic mass is 10.0. The molecule has 3 rings (SSSR count). The molecule has 132 valence electrons. The first-order valence-electron chi connectivity index (χ1n) is 9.08. The Morgan fingerprint density at radius 1 is 0.920 bits per heavy atom. The molecule has 1 N–H and O–H groups in total. The van der Waals surface area contributed by atoms with E-state index in [0.717, 1.165) is 23.9 Å². The van der Waals surface area contributed by atoms with Crippen molar-refractivity contribution < 1.29 is 10.1 Å². The third-order valence-corrected chi connectivity index (χ3v) is 4.44. The van der Waals surface area contributed by atoms with Gasteiger partial charge in [-0.15, -0.1) is 15.0 Å². The second-order valence-corrected chi connectivity index (χ2v) is 6.39. The highest BCUT2D eigenvalue weighted by molar-refractivity contribution is 5.73. The van der Waals surface area contributed by atoms with E-state index in [-0.39, 0.29) is 0 Å². The molecule has 0 aliphatic heterocycles. The van der Waals surface area contributed by atoms with Crippen LogP contribution < -0.4 is 4.89 Å². The lowest BCUT2D eigenvalue weighted by molar-refractivity contribution is -0.137. The van der Waals surface area contributed by atoms with E-state index >= 15 is 0 Å². The maximum Gasteiger partial charge on any atom is 0.192 e. The molecule has 0 spiro atoms. The van der Waals surface area contributed by atoms with Gasteiger partial charge in [0.25, 0.3) is 0 Å². The van der Waals surface area contributed by atoms with E-state index in [1.165, 1.54) is 42.5 Å². The summed E-state index contributed by atoms with van der Waals surface area (Å²) in [5.74, 6) is 0.354. The average Bonchev–Trinajstić information content (AvgIpc) is 3.08. The summed E-state index contributed by atoms with van der Waals surface area (Å²) < 4.78 is 0. The summed E-state index contributed by atoms with van der Waals surface area (Å²) in [5, 5.41) is 18.1. The van der Waals surface area contributed by atoms with E-state index in [2.05, 4.69) is 22.0 Å². The van der Waals surface area contributed by atoms with Crippen molar-refractivity contribution in [1.29, 1.82) is 0 Å². The zero-order chi connectivity index (χ0) is 17.5. The molecule has 1 heterocycles. The van der Waals surface area contributed by atoms with E-state index in [1.807, 2.05) is 36.4 Å². The van der Waals surface area contributed by atoms with Gasteiger partial charge in [0.05, 0.1) is 0 Å². The van der Waals surface area contributed by atoms with E-state index in [0.29, 0.717) is 11.4 Å². The Kier molecular flexibility index (Phi) is 6.01. The van der Waals surface area contributed by atoms with Crippen LogP contribution in [0.3, 0.4) is 0 Å². The summed E-state index contributed by atoms with van der Waals surface area (Å²) in [6.07, 6.45) is 8.63. The number of nitrogens with zero attached hydrogens (tertiary/aromatic N) is 3. The van der Waals surface area contributed by atoms with Crippen molar-refractivity contribution in [3.8, 4) is 11.4 Å². The topological polar surface area (TPSA) is 60.2 Å². The Morgan fingerprint density at radius 3 is 2.28 bits per heavy atom. The number of hydrogen-bond acceptors (Lipinski definition) is 4. The number of benzene rings is 2. The van der Waals surface area contributed by atoms with E-state index in [1.54, 1.807) is 6.07 Å². The Hall–Kier alpha value is -2.40. The SMILES string of the molecule is CCCCCCCCc1ccc(OO)c(-n2nc3ccccc3n2)c1. The minimum absolute atomic E-state index is 0.354. The largest absolute Gasteiger partial charge is 0.338 e. The first kappa shape index (κ1) is 17.4. The van der Waals surface area contributed by atoms with Crippen molar-refractivity contribution in [2.75, 3.05) is 0 Å². The molecule has 25 heavy (non-hydrogen) atoms. The Balaban J connectivity index is 1.74. The summed E-state index contributed by atoms with van der Waals surface area (Å²) in [6.45, 7) is 2.24. The molecule has 5 heteroatoms. The van der Waals surface area contributed by atoms with Crippen LogP contribution in [0.1, 0.15) is 51.0 Å². The van der Waals surface area contributed by atoms with E-state index < -0.39 is 0 Å². The number of aryl methyl sites for hydroxylation is 1. The van der Waals surface area contributed by atoms with Gasteiger partial charge in [0.15, 0.2) is 5.75 Å². The van der Waals surface area contributed by atoms with Crippen LogP contribution >= 0.6 is 0 Å². The summed E-state index contributed by atoms with van der Waals surface area (Å²) in [4.78, 5) is 6.05. The van der Waals surface area contributed by atoms with Gasteiger partial charge >= 0.3 is 0 Å². The van der Waals surface area contributed by atoms with Gasteiger partial charge in [-0.25, -0.2) is 5.26 Å². The fourth-order valence-electron chi connectivity index (χ4n) is 3.03. The summed E-state index contributed by atoms with van der Waals surface area (Å²) in [6, 6.07) is 13.5. The molecule has 0 unspecified atom stereocenters. The average molecular weight is 339 g/mol. The minimum atomic E-state index is 0.354. The lowest BCUT2D eigenvalue weighted by Crippen LogP contribution is -2.03. The molecule has 0 saturated carbocycles. The van der Waals surface area contributed by atoms with Gasteiger partial charge in [0, 0.05) is 0 Å². The normalized spacial score (nSPS) is 11.1. The molecule has 3 aromatic rings. The summed E-state index contributed by atoms with van der Waals surface area (Å²) in [5.41, 5.74) is 3.48. The highest BCUT2D eigenvalue weighted by Gasteiger charge is 2.11. The second kappa shape index (κ2) is 8.62. The molecule has 1 aromatic heterocycles. The highest BCUT2D eigenvalue weighted by atomic mass is 17.1. The number of rotatable bonds is 9. The first-order valence-corrected chi connectivity index (χ1v) is 9.08. The molecule has 0 bridgehead atoms. The molecule has 0 aliphatic rings. The Labute approximate surface area is 148 Å². The standard InChI is InChI=1S/C20H25N3O2/c1-2-3-4-5-6-7-10-16-13-14-20(25-24)19(15-16)23-21-17-11-8-9-12-18(17)22-23/h8-9,11-15,24H,2-7,10H2,1H3. The monoisotopic (exact) mass is 339 g/mol. The first-order chi connectivity index (χ1) is 12.3. The van der Waals surface area contributed by atoms with Crippen molar-refractivity contribution in [3.05, 3.63) is 48.0 Å². The number of unbranched alkanes of at least 4 members (excludes halogenated alkanes) is 5. The number of aromatic nitrogens is 3. The van der Waals surface area contributed by atoms with Gasteiger partial charge in [0.2, 0.25) is 0 Å². The minimum Gasteiger partial charge on any atom is -0.338 e. The quantitative estimate of drug-likeness (QED) is 0.332. The molecule has 0 aliphatic carbocycles. The van der Waals surface area contributed by atoms with Gasteiger partial charge in [0.1, 0.15) is 16.7 Å². The predicted octanol–water partition coefficient (Wildman–Crippen LogP) is 5.18. The zero-order valence-electron chi connectivity index (χ0n) is 14.7. The third kappa shape index (κ3) is 4.37.